The predicted octanol–water partition coefficient (Wildman–Crippen LogP) is -1.29. The van der Waals surface area contributed by atoms with E-state index in [1.54, 1.807) is 37.4 Å². The van der Waals surface area contributed by atoms with Gasteiger partial charge in [-0.1, -0.05) is 12.1 Å². The summed E-state index contributed by atoms with van der Waals surface area (Å²) in [6.07, 6.45) is 3.85. The van der Waals surface area contributed by atoms with E-state index in [9.17, 15) is 4.79 Å². The number of ether oxygens (including phenoxy) is 2. The van der Waals surface area contributed by atoms with Gasteiger partial charge >= 0.3 is 5.69 Å². The van der Waals surface area contributed by atoms with Gasteiger partial charge in [-0.15, -0.1) is 0 Å². The summed E-state index contributed by atoms with van der Waals surface area (Å²) in [6, 6.07) is 7.65. The van der Waals surface area contributed by atoms with E-state index >= 15 is 0 Å². The van der Waals surface area contributed by atoms with Gasteiger partial charge in [0.05, 0.1) is 28.3 Å². The Kier molecular flexibility index (Phi) is 6.39. The van der Waals surface area contributed by atoms with Crippen LogP contribution in [0.2, 0.25) is 0 Å². The van der Waals surface area contributed by atoms with Crippen LogP contribution in [0.4, 0.5) is 0 Å². The summed E-state index contributed by atoms with van der Waals surface area (Å²) in [5, 5.41) is 0. The lowest BCUT2D eigenvalue weighted by molar-refractivity contribution is -0.696. The van der Waals surface area contributed by atoms with Gasteiger partial charge in [-0.2, -0.15) is 13.9 Å². The SMILES string of the molecule is COc1ccc(C=Cc2cc(C)[n+](C)c(=O)n2C)cc1OC.[Cl-]. The lowest BCUT2D eigenvalue weighted by Gasteiger charge is -2.07. The van der Waals surface area contributed by atoms with Crippen molar-refractivity contribution >= 4 is 12.2 Å². The number of benzene rings is 1. The third-order valence-corrected chi connectivity index (χ3v) is 3.70. The second-order valence-electron chi connectivity index (χ2n) is 5.06. The van der Waals surface area contributed by atoms with Gasteiger partial charge in [-0.25, -0.2) is 0 Å². The predicted molar refractivity (Wildman–Crippen MR) is 86.1 cm³/mol. The number of aryl methyl sites for hydroxylation is 1. The zero-order valence-corrected chi connectivity index (χ0v) is 14.7. The molecule has 0 saturated heterocycles. The molecule has 0 unspecified atom stereocenters. The fourth-order valence-electron chi connectivity index (χ4n) is 2.19. The highest BCUT2D eigenvalue weighted by atomic mass is 35.5. The molecule has 124 valence electrons. The van der Waals surface area contributed by atoms with E-state index in [0.717, 1.165) is 17.0 Å². The van der Waals surface area contributed by atoms with Crippen LogP contribution in [-0.2, 0) is 14.1 Å². The van der Waals surface area contributed by atoms with Crippen molar-refractivity contribution in [3.8, 4) is 11.5 Å². The third-order valence-electron chi connectivity index (χ3n) is 3.70. The Hall–Kier alpha value is -2.27. The first-order valence-corrected chi connectivity index (χ1v) is 6.94. The van der Waals surface area contributed by atoms with E-state index in [4.69, 9.17) is 9.47 Å². The van der Waals surface area contributed by atoms with E-state index in [0.29, 0.717) is 11.5 Å². The van der Waals surface area contributed by atoms with Gasteiger partial charge in [0.2, 0.25) is 0 Å². The standard InChI is InChI=1S/C17H21N2O3.ClH/c1-12-10-14(19(3)17(20)18(12)2)8-6-13-7-9-15(21-4)16(11-13)22-5;/h6-11H,1-5H3;1H/q+1;/p-1. The van der Waals surface area contributed by atoms with Crippen molar-refractivity contribution in [1.29, 1.82) is 0 Å². The zero-order valence-electron chi connectivity index (χ0n) is 14.0. The van der Waals surface area contributed by atoms with Gasteiger partial charge in [0, 0.05) is 6.07 Å². The van der Waals surface area contributed by atoms with Crippen molar-refractivity contribution in [3.05, 3.63) is 51.7 Å². The molecule has 0 saturated carbocycles. The molecular formula is C17H21ClN2O3. The van der Waals surface area contributed by atoms with Crippen LogP contribution < -0.4 is 32.1 Å². The summed E-state index contributed by atoms with van der Waals surface area (Å²) >= 11 is 0. The molecule has 0 amide bonds. The van der Waals surface area contributed by atoms with E-state index < -0.39 is 0 Å². The van der Waals surface area contributed by atoms with Crippen molar-refractivity contribution in [1.82, 2.24) is 4.57 Å². The molecule has 0 aliphatic rings. The first kappa shape index (κ1) is 18.8. The molecule has 0 fully saturated rings. The van der Waals surface area contributed by atoms with Crippen molar-refractivity contribution in [2.75, 3.05) is 14.2 Å². The van der Waals surface area contributed by atoms with Gasteiger partial charge in [0.1, 0.15) is 11.4 Å². The second kappa shape index (κ2) is 7.83. The molecule has 23 heavy (non-hydrogen) atoms. The second-order valence-corrected chi connectivity index (χ2v) is 5.06. The van der Waals surface area contributed by atoms with Crippen LogP contribution in [0.5, 0.6) is 11.5 Å². The molecule has 2 aromatic rings. The number of hydrogen-bond donors (Lipinski definition) is 0. The number of rotatable bonds is 4. The molecule has 0 radical (unpaired) electrons. The van der Waals surface area contributed by atoms with Crippen molar-refractivity contribution in [3.63, 3.8) is 0 Å². The van der Waals surface area contributed by atoms with Crippen LogP contribution in [0.1, 0.15) is 17.0 Å². The summed E-state index contributed by atoms with van der Waals surface area (Å²) in [6.45, 7) is 1.91. The smallest absolute Gasteiger partial charge is 0.498 e. The molecule has 0 N–H and O–H groups in total. The fraction of sp³-hybridized carbons (Fsp3) is 0.294. The molecule has 0 aliphatic heterocycles. The van der Waals surface area contributed by atoms with Gasteiger partial charge in [-0.3, -0.25) is 0 Å². The average molecular weight is 337 g/mol. The molecule has 6 heteroatoms. The maximum Gasteiger partial charge on any atom is 0.498 e. The number of hydrogen-bond acceptors (Lipinski definition) is 3. The van der Waals surface area contributed by atoms with E-state index in [1.165, 1.54) is 0 Å². The van der Waals surface area contributed by atoms with Crippen LogP contribution in [0.25, 0.3) is 12.2 Å². The van der Waals surface area contributed by atoms with Crippen molar-refractivity contribution in [2.45, 2.75) is 6.92 Å². The fourth-order valence-corrected chi connectivity index (χ4v) is 2.19. The Bertz CT molecular complexity index is 782. The maximum atomic E-state index is 12.1. The summed E-state index contributed by atoms with van der Waals surface area (Å²) in [4.78, 5) is 12.1. The van der Waals surface area contributed by atoms with Crippen molar-refractivity contribution in [2.24, 2.45) is 14.1 Å². The van der Waals surface area contributed by atoms with E-state index in [-0.39, 0.29) is 18.1 Å². The van der Waals surface area contributed by atoms with E-state index in [1.807, 2.05) is 43.3 Å². The Morgan fingerprint density at radius 2 is 1.74 bits per heavy atom. The molecule has 0 spiro atoms. The van der Waals surface area contributed by atoms with Crippen LogP contribution >= 0.6 is 0 Å². The summed E-state index contributed by atoms with van der Waals surface area (Å²) in [7, 11) is 6.74. The van der Waals surface area contributed by atoms with Crippen molar-refractivity contribution < 1.29 is 26.4 Å². The first-order chi connectivity index (χ1) is 10.5. The molecule has 0 bridgehead atoms. The topological polar surface area (TPSA) is 44.3 Å². The maximum absolute atomic E-state index is 12.1. The molecule has 0 atom stereocenters. The zero-order chi connectivity index (χ0) is 16.3. The highest BCUT2D eigenvalue weighted by molar-refractivity contribution is 5.69. The van der Waals surface area contributed by atoms with Crippen LogP contribution in [0.3, 0.4) is 0 Å². The molecular weight excluding hydrogens is 316 g/mol. The minimum atomic E-state index is -0.0491. The quantitative estimate of drug-likeness (QED) is 0.653. The normalized spacial score (nSPS) is 10.5. The number of nitrogens with zero attached hydrogens (tertiary/aromatic N) is 2. The first-order valence-electron chi connectivity index (χ1n) is 6.94. The number of aromatic nitrogens is 2. The third kappa shape index (κ3) is 3.93. The monoisotopic (exact) mass is 336 g/mol. The van der Waals surface area contributed by atoms with Crippen LogP contribution in [-0.4, -0.2) is 18.8 Å². The Labute approximate surface area is 142 Å². The lowest BCUT2D eigenvalue weighted by atomic mass is 10.1. The molecule has 2 rings (SSSR count). The highest BCUT2D eigenvalue weighted by Crippen LogP contribution is 2.28. The summed E-state index contributed by atoms with van der Waals surface area (Å²) in [5.41, 5.74) is 2.67. The van der Waals surface area contributed by atoms with Crippen LogP contribution in [0, 0.1) is 6.92 Å². The minimum Gasteiger partial charge on any atom is -1.00 e. The highest BCUT2D eigenvalue weighted by Gasteiger charge is 2.11. The summed E-state index contributed by atoms with van der Waals surface area (Å²) < 4.78 is 13.7. The molecule has 0 aliphatic carbocycles. The minimum absolute atomic E-state index is 0. The lowest BCUT2D eigenvalue weighted by Crippen LogP contribution is -3.00. The molecule has 5 nitrogen and oxygen atoms in total. The number of methoxy groups -OCH3 is 2. The Morgan fingerprint density at radius 1 is 1.09 bits per heavy atom. The largest absolute Gasteiger partial charge is 1.00 e. The van der Waals surface area contributed by atoms with Gasteiger partial charge in [0.15, 0.2) is 11.5 Å². The van der Waals surface area contributed by atoms with Crippen LogP contribution in [0.15, 0.2) is 29.1 Å². The molecule has 1 heterocycles. The molecule has 1 aromatic carbocycles. The molecule has 1 aromatic heterocycles. The van der Waals surface area contributed by atoms with Gasteiger partial charge < -0.3 is 21.9 Å². The van der Waals surface area contributed by atoms with Gasteiger partial charge in [0.25, 0.3) is 0 Å². The number of halogens is 1. The Balaban J connectivity index is 0.00000264. The van der Waals surface area contributed by atoms with Gasteiger partial charge in [-0.05, 0) is 30.7 Å². The average Bonchev–Trinajstić information content (AvgIpc) is 2.54. The summed E-state index contributed by atoms with van der Waals surface area (Å²) in [5.74, 6) is 1.36. The van der Waals surface area contributed by atoms with E-state index in [2.05, 4.69) is 0 Å². The Morgan fingerprint density at radius 3 is 2.35 bits per heavy atom.